The fourth-order valence-corrected chi connectivity index (χ4v) is 3.13. The Morgan fingerprint density at radius 1 is 1.29 bits per heavy atom. The van der Waals surface area contributed by atoms with Crippen LogP contribution in [0.1, 0.15) is 43.4 Å². The van der Waals surface area contributed by atoms with Gasteiger partial charge in [-0.25, -0.2) is 0 Å². The van der Waals surface area contributed by atoms with Crippen LogP contribution in [0, 0.1) is 5.92 Å². The Balaban J connectivity index is 0.00000161. The van der Waals surface area contributed by atoms with Crippen LogP contribution in [0.5, 0.6) is 0 Å². The van der Waals surface area contributed by atoms with Crippen molar-refractivity contribution in [3.8, 4) is 0 Å². The molecule has 4 heteroatoms. The van der Waals surface area contributed by atoms with Crippen LogP contribution in [0.3, 0.4) is 0 Å². The molecule has 1 aliphatic heterocycles. The van der Waals surface area contributed by atoms with E-state index in [1.165, 1.54) is 17.5 Å². The molecule has 1 aromatic carbocycles. The maximum Gasteiger partial charge on any atom is 0.226 e. The van der Waals surface area contributed by atoms with Crippen LogP contribution in [0.4, 0.5) is 0 Å². The summed E-state index contributed by atoms with van der Waals surface area (Å²) in [7, 11) is 0. The van der Waals surface area contributed by atoms with Crippen molar-refractivity contribution in [1.29, 1.82) is 0 Å². The van der Waals surface area contributed by atoms with Gasteiger partial charge >= 0.3 is 0 Å². The molecule has 1 atom stereocenters. The third-order valence-corrected chi connectivity index (χ3v) is 4.75. The van der Waals surface area contributed by atoms with Crippen LogP contribution in [-0.4, -0.2) is 30.4 Å². The lowest BCUT2D eigenvalue weighted by Crippen LogP contribution is -2.51. The summed E-state index contributed by atoms with van der Waals surface area (Å²) in [5, 5.41) is 3.43. The molecule has 1 saturated carbocycles. The Labute approximate surface area is 133 Å². The zero-order valence-corrected chi connectivity index (χ0v) is 13.5. The first-order chi connectivity index (χ1) is 9.79. The zero-order valence-electron chi connectivity index (χ0n) is 12.7. The third-order valence-electron chi connectivity index (χ3n) is 4.75. The first kappa shape index (κ1) is 16.3. The number of nitrogens with one attached hydrogen (secondary N) is 1. The van der Waals surface area contributed by atoms with Crippen molar-refractivity contribution < 1.29 is 4.79 Å². The van der Waals surface area contributed by atoms with Gasteiger partial charge in [0.15, 0.2) is 0 Å². The molecule has 1 amide bonds. The molecule has 1 saturated heterocycles. The van der Waals surface area contributed by atoms with Crippen LogP contribution in [-0.2, 0) is 11.2 Å². The van der Waals surface area contributed by atoms with Crippen molar-refractivity contribution in [1.82, 2.24) is 10.2 Å². The van der Waals surface area contributed by atoms with Gasteiger partial charge in [0.05, 0.1) is 6.04 Å². The zero-order chi connectivity index (χ0) is 13.9. The van der Waals surface area contributed by atoms with Gasteiger partial charge in [-0.3, -0.25) is 4.79 Å². The maximum absolute atomic E-state index is 12.6. The SMILES string of the molecule is CCc1ccc(C2CNCCN2C(=O)C2CCC2)cc1.Cl. The molecular formula is C17H25ClN2O. The lowest BCUT2D eigenvalue weighted by molar-refractivity contribution is -0.141. The average Bonchev–Trinajstić information content (AvgIpc) is 2.45. The Kier molecular flexibility index (Phi) is 5.65. The smallest absolute Gasteiger partial charge is 0.226 e. The van der Waals surface area contributed by atoms with Crippen LogP contribution in [0.2, 0.25) is 0 Å². The first-order valence-electron chi connectivity index (χ1n) is 7.89. The summed E-state index contributed by atoms with van der Waals surface area (Å²) in [5.41, 5.74) is 2.62. The van der Waals surface area contributed by atoms with E-state index in [2.05, 4.69) is 41.4 Å². The van der Waals surface area contributed by atoms with Gasteiger partial charge in [0, 0.05) is 25.6 Å². The molecule has 116 valence electrons. The summed E-state index contributed by atoms with van der Waals surface area (Å²) in [6, 6.07) is 8.98. The summed E-state index contributed by atoms with van der Waals surface area (Å²) < 4.78 is 0. The van der Waals surface area contributed by atoms with Gasteiger partial charge in [0.2, 0.25) is 5.91 Å². The molecule has 0 radical (unpaired) electrons. The molecule has 0 spiro atoms. The summed E-state index contributed by atoms with van der Waals surface area (Å²) in [6.45, 7) is 4.81. The molecule has 1 aromatic rings. The third kappa shape index (κ3) is 3.41. The highest BCUT2D eigenvalue weighted by Gasteiger charge is 2.34. The number of benzene rings is 1. The number of hydrogen-bond acceptors (Lipinski definition) is 2. The van der Waals surface area contributed by atoms with E-state index in [9.17, 15) is 4.79 Å². The second kappa shape index (κ2) is 7.28. The van der Waals surface area contributed by atoms with Gasteiger partial charge in [0.1, 0.15) is 0 Å². The highest BCUT2D eigenvalue weighted by molar-refractivity contribution is 5.85. The molecule has 2 fully saturated rings. The van der Waals surface area contributed by atoms with Crippen molar-refractivity contribution in [2.75, 3.05) is 19.6 Å². The Bertz CT molecular complexity index is 470. The number of hydrogen-bond donors (Lipinski definition) is 1. The minimum atomic E-state index is 0. The Morgan fingerprint density at radius 3 is 2.57 bits per heavy atom. The Hall–Kier alpha value is -1.06. The topological polar surface area (TPSA) is 32.3 Å². The van der Waals surface area contributed by atoms with Gasteiger partial charge < -0.3 is 10.2 Å². The number of nitrogens with zero attached hydrogens (tertiary/aromatic N) is 1. The fraction of sp³-hybridized carbons (Fsp3) is 0.588. The molecule has 1 heterocycles. The molecule has 3 rings (SSSR count). The fourth-order valence-electron chi connectivity index (χ4n) is 3.13. The van der Waals surface area contributed by atoms with E-state index in [-0.39, 0.29) is 18.4 Å². The van der Waals surface area contributed by atoms with Gasteiger partial charge in [-0.1, -0.05) is 37.6 Å². The van der Waals surface area contributed by atoms with E-state index < -0.39 is 0 Å². The standard InChI is InChI=1S/C17H24N2O.ClH/c1-2-13-6-8-14(9-7-13)16-12-18-10-11-19(16)17(20)15-4-3-5-15;/h6-9,15-16,18H,2-5,10-12H2,1H3;1H. The molecular weight excluding hydrogens is 284 g/mol. The number of halogens is 1. The average molecular weight is 309 g/mol. The van der Waals surface area contributed by atoms with Crippen molar-refractivity contribution in [2.45, 2.75) is 38.6 Å². The number of rotatable bonds is 3. The van der Waals surface area contributed by atoms with Crippen LogP contribution >= 0.6 is 12.4 Å². The lowest BCUT2D eigenvalue weighted by atomic mass is 9.83. The van der Waals surface area contributed by atoms with Crippen molar-refractivity contribution >= 4 is 18.3 Å². The number of carbonyl (C=O) groups is 1. The molecule has 1 aliphatic carbocycles. The normalized spacial score (nSPS) is 22.3. The van der Waals surface area contributed by atoms with Gasteiger partial charge in [-0.15, -0.1) is 12.4 Å². The van der Waals surface area contributed by atoms with Crippen LogP contribution < -0.4 is 5.32 Å². The number of piperazine rings is 1. The van der Waals surface area contributed by atoms with Crippen LogP contribution in [0.25, 0.3) is 0 Å². The van der Waals surface area contributed by atoms with Crippen molar-refractivity contribution in [3.63, 3.8) is 0 Å². The van der Waals surface area contributed by atoms with Gasteiger partial charge in [0.25, 0.3) is 0 Å². The van der Waals surface area contributed by atoms with Crippen molar-refractivity contribution in [3.05, 3.63) is 35.4 Å². The second-order valence-electron chi connectivity index (χ2n) is 5.97. The first-order valence-corrected chi connectivity index (χ1v) is 7.89. The van der Waals surface area contributed by atoms with E-state index in [0.717, 1.165) is 38.9 Å². The number of amides is 1. The molecule has 2 aliphatic rings. The molecule has 3 nitrogen and oxygen atoms in total. The van der Waals surface area contributed by atoms with E-state index in [0.29, 0.717) is 11.8 Å². The summed E-state index contributed by atoms with van der Waals surface area (Å²) in [5.74, 6) is 0.674. The van der Waals surface area contributed by atoms with E-state index in [4.69, 9.17) is 0 Å². The molecule has 1 unspecified atom stereocenters. The van der Waals surface area contributed by atoms with E-state index >= 15 is 0 Å². The summed E-state index contributed by atoms with van der Waals surface area (Å²) in [4.78, 5) is 14.7. The molecule has 0 bridgehead atoms. The number of aryl methyl sites for hydroxylation is 1. The second-order valence-corrected chi connectivity index (χ2v) is 5.97. The van der Waals surface area contributed by atoms with E-state index in [1.807, 2.05) is 0 Å². The minimum Gasteiger partial charge on any atom is -0.333 e. The van der Waals surface area contributed by atoms with Crippen LogP contribution in [0.15, 0.2) is 24.3 Å². The largest absolute Gasteiger partial charge is 0.333 e. The monoisotopic (exact) mass is 308 g/mol. The van der Waals surface area contributed by atoms with Gasteiger partial charge in [-0.05, 0) is 30.4 Å². The highest BCUT2D eigenvalue weighted by atomic mass is 35.5. The maximum atomic E-state index is 12.6. The molecule has 21 heavy (non-hydrogen) atoms. The quantitative estimate of drug-likeness (QED) is 0.931. The van der Waals surface area contributed by atoms with Crippen molar-refractivity contribution in [2.24, 2.45) is 5.92 Å². The number of carbonyl (C=O) groups excluding carboxylic acids is 1. The molecule has 0 aromatic heterocycles. The highest BCUT2D eigenvalue weighted by Crippen LogP contribution is 2.32. The Morgan fingerprint density at radius 2 is 2.00 bits per heavy atom. The minimum absolute atomic E-state index is 0. The molecule has 1 N–H and O–H groups in total. The predicted molar refractivity (Wildman–Crippen MR) is 87.7 cm³/mol. The van der Waals surface area contributed by atoms with Gasteiger partial charge in [-0.2, -0.15) is 0 Å². The lowest BCUT2D eigenvalue weighted by Gasteiger charge is -2.40. The summed E-state index contributed by atoms with van der Waals surface area (Å²) >= 11 is 0. The van der Waals surface area contributed by atoms with E-state index in [1.54, 1.807) is 0 Å². The summed E-state index contributed by atoms with van der Waals surface area (Å²) in [6.07, 6.45) is 4.46. The predicted octanol–water partition coefficient (Wildman–Crippen LogP) is 2.94.